The molecule has 0 heterocycles. The van der Waals surface area contributed by atoms with Gasteiger partial charge in [0.1, 0.15) is 12.4 Å². The van der Waals surface area contributed by atoms with Crippen LogP contribution in [0.25, 0.3) is 0 Å². The van der Waals surface area contributed by atoms with Gasteiger partial charge in [0.15, 0.2) is 6.10 Å². The molecular formula is C23H29NO5. The summed E-state index contributed by atoms with van der Waals surface area (Å²) in [7, 11) is 1.54. The molecule has 0 aliphatic carbocycles. The molecule has 0 fully saturated rings. The van der Waals surface area contributed by atoms with Gasteiger partial charge in [0, 0.05) is 18.4 Å². The highest BCUT2D eigenvalue weighted by Gasteiger charge is 2.17. The van der Waals surface area contributed by atoms with Crippen molar-refractivity contribution in [3.8, 4) is 5.75 Å². The fourth-order valence-electron chi connectivity index (χ4n) is 2.87. The van der Waals surface area contributed by atoms with E-state index in [2.05, 4.69) is 19.2 Å². The van der Waals surface area contributed by atoms with Crippen molar-refractivity contribution < 1.29 is 23.8 Å². The van der Waals surface area contributed by atoms with Crippen molar-refractivity contribution in [1.29, 1.82) is 0 Å². The van der Waals surface area contributed by atoms with E-state index < -0.39 is 12.1 Å². The summed E-state index contributed by atoms with van der Waals surface area (Å²) in [5.74, 6) is -0.160. The van der Waals surface area contributed by atoms with Gasteiger partial charge in [0.25, 0.3) is 5.91 Å². The number of para-hydroxylation sites is 1. The van der Waals surface area contributed by atoms with E-state index in [-0.39, 0.29) is 12.5 Å². The second-order valence-electron chi connectivity index (χ2n) is 6.56. The fraction of sp³-hybridized carbons (Fsp3) is 0.391. The number of carbonyl (C=O) groups is 2. The quantitative estimate of drug-likeness (QED) is 0.482. The zero-order valence-corrected chi connectivity index (χ0v) is 17.5. The predicted octanol–water partition coefficient (Wildman–Crippen LogP) is 4.02. The van der Waals surface area contributed by atoms with Gasteiger partial charge in [0.2, 0.25) is 0 Å². The molecule has 0 saturated carbocycles. The summed E-state index contributed by atoms with van der Waals surface area (Å²) in [6, 6.07) is 12.8. The van der Waals surface area contributed by atoms with Crippen LogP contribution in [0, 0.1) is 0 Å². The Kier molecular flexibility index (Phi) is 8.68. The summed E-state index contributed by atoms with van der Waals surface area (Å²) in [6.07, 6.45) is 0.929. The SMILES string of the molecule is CCc1cccc(CC)c1NC(=O)c1ccc(OC(C)C(=O)OCCOC)cc1. The van der Waals surface area contributed by atoms with Crippen LogP contribution in [0.2, 0.25) is 0 Å². The van der Waals surface area contributed by atoms with Gasteiger partial charge in [-0.15, -0.1) is 0 Å². The van der Waals surface area contributed by atoms with Crippen molar-refractivity contribution in [2.45, 2.75) is 39.7 Å². The average molecular weight is 399 g/mol. The first-order valence-electron chi connectivity index (χ1n) is 9.84. The number of hydrogen-bond donors (Lipinski definition) is 1. The lowest BCUT2D eigenvalue weighted by Gasteiger charge is -2.15. The van der Waals surface area contributed by atoms with Crippen molar-refractivity contribution in [2.24, 2.45) is 0 Å². The van der Waals surface area contributed by atoms with Crippen LogP contribution in [0.4, 0.5) is 5.69 Å². The Morgan fingerprint density at radius 1 is 0.966 bits per heavy atom. The fourth-order valence-corrected chi connectivity index (χ4v) is 2.87. The molecule has 0 saturated heterocycles. The van der Waals surface area contributed by atoms with Crippen molar-refractivity contribution in [3.05, 3.63) is 59.2 Å². The van der Waals surface area contributed by atoms with Crippen LogP contribution >= 0.6 is 0 Å². The zero-order valence-electron chi connectivity index (χ0n) is 17.5. The Labute approximate surface area is 172 Å². The van der Waals surface area contributed by atoms with Crippen molar-refractivity contribution in [2.75, 3.05) is 25.6 Å². The zero-order chi connectivity index (χ0) is 21.2. The van der Waals surface area contributed by atoms with E-state index in [1.807, 2.05) is 18.2 Å². The third kappa shape index (κ3) is 6.32. The average Bonchev–Trinajstić information content (AvgIpc) is 2.74. The minimum Gasteiger partial charge on any atom is -0.479 e. The maximum atomic E-state index is 12.7. The summed E-state index contributed by atoms with van der Waals surface area (Å²) in [6.45, 7) is 6.27. The van der Waals surface area contributed by atoms with Crippen molar-refractivity contribution >= 4 is 17.6 Å². The van der Waals surface area contributed by atoms with Crippen molar-refractivity contribution in [1.82, 2.24) is 0 Å². The predicted molar refractivity (Wildman–Crippen MR) is 113 cm³/mol. The van der Waals surface area contributed by atoms with Gasteiger partial charge >= 0.3 is 5.97 Å². The van der Waals surface area contributed by atoms with Crippen molar-refractivity contribution in [3.63, 3.8) is 0 Å². The Hall–Kier alpha value is -2.86. The molecule has 1 amide bonds. The van der Waals surface area contributed by atoms with E-state index in [9.17, 15) is 9.59 Å². The maximum Gasteiger partial charge on any atom is 0.347 e. The number of ether oxygens (including phenoxy) is 3. The molecule has 0 spiro atoms. The van der Waals surface area contributed by atoms with Crippen LogP contribution in [-0.2, 0) is 27.1 Å². The largest absolute Gasteiger partial charge is 0.479 e. The molecule has 0 aliphatic heterocycles. The van der Waals surface area contributed by atoms with E-state index in [4.69, 9.17) is 14.2 Å². The molecule has 2 aromatic rings. The number of methoxy groups -OCH3 is 1. The summed E-state index contributed by atoms with van der Waals surface area (Å²) < 4.78 is 15.5. The number of esters is 1. The summed E-state index contributed by atoms with van der Waals surface area (Å²) in [5.41, 5.74) is 3.62. The maximum absolute atomic E-state index is 12.7. The third-order valence-corrected chi connectivity index (χ3v) is 4.53. The standard InChI is InChI=1S/C23H29NO5/c1-5-17-8-7-9-18(6-2)21(17)24-22(25)19-10-12-20(13-11-19)29-16(3)23(26)28-15-14-27-4/h7-13,16H,5-6,14-15H2,1-4H3,(H,24,25). The number of anilines is 1. The normalized spacial score (nSPS) is 11.6. The Balaban J connectivity index is 2.01. The molecular weight excluding hydrogens is 370 g/mol. The number of amides is 1. The molecule has 1 N–H and O–H groups in total. The van der Waals surface area contributed by atoms with Crippen LogP contribution in [0.5, 0.6) is 5.75 Å². The minimum absolute atomic E-state index is 0.181. The van der Waals surface area contributed by atoms with E-state index in [1.165, 1.54) is 7.11 Å². The third-order valence-electron chi connectivity index (χ3n) is 4.53. The Bertz CT molecular complexity index is 794. The molecule has 1 unspecified atom stereocenters. The van der Waals surface area contributed by atoms with E-state index >= 15 is 0 Å². The van der Waals surface area contributed by atoms with Crippen LogP contribution in [0.1, 0.15) is 42.3 Å². The molecule has 156 valence electrons. The molecule has 1 atom stereocenters. The lowest BCUT2D eigenvalue weighted by molar-refractivity contribution is -0.152. The molecule has 2 rings (SSSR count). The van der Waals surface area contributed by atoms with Gasteiger partial charge < -0.3 is 19.5 Å². The molecule has 29 heavy (non-hydrogen) atoms. The molecule has 6 nitrogen and oxygen atoms in total. The summed E-state index contributed by atoms with van der Waals surface area (Å²) in [5, 5.41) is 3.04. The highest BCUT2D eigenvalue weighted by Crippen LogP contribution is 2.24. The highest BCUT2D eigenvalue weighted by molar-refractivity contribution is 6.05. The van der Waals surface area contributed by atoms with Gasteiger partial charge in [-0.05, 0) is 55.2 Å². The van der Waals surface area contributed by atoms with Gasteiger partial charge in [-0.2, -0.15) is 0 Å². The van der Waals surface area contributed by atoms with E-state index in [0.717, 1.165) is 29.7 Å². The number of benzene rings is 2. The van der Waals surface area contributed by atoms with E-state index in [0.29, 0.717) is 17.9 Å². The first-order valence-corrected chi connectivity index (χ1v) is 9.84. The van der Waals surface area contributed by atoms with Gasteiger partial charge in [-0.3, -0.25) is 4.79 Å². The number of nitrogens with one attached hydrogen (secondary N) is 1. The monoisotopic (exact) mass is 399 g/mol. The number of rotatable bonds is 10. The number of hydrogen-bond acceptors (Lipinski definition) is 5. The first-order chi connectivity index (χ1) is 14.0. The molecule has 0 aliphatic rings. The molecule has 2 aromatic carbocycles. The molecule has 0 aromatic heterocycles. The van der Waals surface area contributed by atoms with Crippen LogP contribution < -0.4 is 10.1 Å². The lowest BCUT2D eigenvalue weighted by Crippen LogP contribution is -2.27. The van der Waals surface area contributed by atoms with Crippen LogP contribution in [0.15, 0.2) is 42.5 Å². The number of carbonyl (C=O) groups excluding carboxylic acids is 2. The van der Waals surface area contributed by atoms with E-state index in [1.54, 1.807) is 31.2 Å². The second-order valence-corrected chi connectivity index (χ2v) is 6.56. The summed E-state index contributed by atoms with van der Waals surface area (Å²) in [4.78, 5) is 24.6. The lowest BCUT2D eigenvalue weighted by atomic mass is 10.0. The molecule has 0 radical (unpaired) electrons. The second kappa shape index (κ2) is 11.2. The van der Waals surface area contributed by atoms with Gasteiger partial charge in [-0.1, -0.05) is 32.0 Å². The van der Waals surface area contributed by atoms with Crippen LogP contribution in [-0.4, -0.2) is 38.3 Å². The Morgan fingerprint density at radius 3 is 2.14 bits per heavy atom. The number of aryl methyl sites for hydroxylation is 2. The molecule has 0 bridgehead atoms. The smallest absolute Gasteiger partial charge is 0.347 e. The molecule has 6 heteroatoms. The first kappa shape index (κ1) is 22.4. The van der Waals surface area contributed by atoms with Gasteiger partial charge in [0.05, 0.1) is 6.61 Å². The highest BCUT2D eigenvalue weighted by atomic mass is 16.6. The van der Waals surface area contributed by atoms with Crippen LogP contribution in [0.3, 0.4) is 0 Å². The minimum atomic E-state index is -0.755. The Morgan fingerprint density at radius 2 is 1.59 bits per heavy atom. The topological polar surface area (TPSA) is 73.9 Å². The summed E-state index contributed by atoms with van der Waals surface area (Å²) >= 11 is 0. The van der Waals surface area contributed by atoms with Gasteiger partial charge in [-0.25, -0.2) is 4.79 Å².